The van der Waals surface area contributed by atoms with Crippen LogP contribution in [0.5, 0.6) is 0 Å². The monoisotopic (exact) mass is 804 g/mol. The maximum Gasteiger partial charge on any atom is 0.159 e. The Kier molecular flexibility index (Phi) is 7.87. The zero-order valence-electron chi connectivity index (χ0n) is 34.0. The molecular formula is C59H36N2O2. The molecule has 13 rings (SSSR count). The minimum atomic E-state index is 0.869. The maximum atomic E-state index is 6.54. The Morgan fingerprint density at radius 1 is 0.317 bits per heavy atom. The molecule has 0 saturated heterocycles. The average Bonchev–Trinajstić information content (AvgIpc) is 4.04. The summed E-state index contributed by atoms with van der Waals surface area (Å²) in [6, 6.07) is 77.3. The van der Waals surface area contributed by atoms with Gasteiger partial charge in [-0.1, -0.05) is 158 Å². The first-order valence-corrected chi connectivity index (χ1v) is 21.4. The molecule has 4 aromatic heterocycles. The largest absolute Gasteiger partial charge is 0.456 e. The number of furan rings is 2. The number of benzene rings is 9. The second kappa shape index (κ2) is 14.1. The van der Waals surface area contributed by atoms with E-state index in [0.717, 1.165) is 116 Å². The molecule has 0 aliphatic heterocycles. The highest BCUT2D eigenvalue weighted by Crippen LogP contribution is 2.42. The molecule has 4 heterocycles. The molecule has 13 aromatic rings. The third-order valence-corrected chi connectivity index (χ3v) is 12.6. The molecule has 0 unspecified atom stereocenters. The van der Waals surface area contributed by atoms with Gasteiger partial charge in [-0.2, -0.15) is 0 Å². The lowest BCUT2D eigenvalue weighted by Crippen LogP contribution is -1.94. The second-order valence-electron chi connectivity index (χ2n) is 16.3. The van der Waals surface area contributed by atoms with Crippen LogP contribution in [0, 0.1) is 0 Å². The van der Waals surface area contributed by atoms with Gasteiger partial charge in [0.05, 0.1) is 28.1 Å². The molecule has 63 heavy (non-hydrogen) atoms. The van der Waals surface area contributed by atoms with Crippen LogP contribution in [-0.2, 0) is 0 Å². The van der Waals surface area contributed by atoms with Crippen molar-refractivity contribution in [2.75, 3.05) is 0 Å². The van der Waals surface area contributed by atoms with Gasteiger partial charge in [0, 0.05) is 43.4 Å². The highest BCUT2D eigenvalue weighted by atomic mass is 16.3. The number of fused-ring (bicyclic) bond motifs is 9. The second-order valence-corrected chi connectivity index (χ2v) is 16.3. The SMILES string of the molecule is c1ccc(-c2cc(-c3ccc(-c4cccc5oc6ccc(-c7ccc8c(c7)c7ccccc7n8-c7cccc8c7oc7ccccc78)cc6c45)cc3)cc(-c3ccccc3)n2)cc1. The van der Waals surface area contributed by atoms with Gasteiger partial charge in [-0.3, -0.25) is 0 Å². The summed E-state index contributed by atoms with van der Waals surface area (Å²) in [6.07, 6.45) is 0. The van der Waals surface area contributed by atoms with E-state index in [0.29, 0.717) is 0 Å². The van der Waals surface area contributed by atoms with Crippen LogP contribution in [0.1, 0.15) is 0 Å². The average molecular weight is 805 g/mol. The summed E-state index contributed by atoms with van der Waals surface area (Å²) in [6.45, 7) is 0. The highest BCUT2D eigenvalue weighted by Gasteiger charge is 2.19. The van der Waals surface area contributed by atoms with Gasteiger partial charge in [0.15, 0.2) is 5.58 Å². The summed E-state index contributed by atoms with van der Waals surface area (Å²) in [7, 11) is 0. The molecule has 0 radical (unpaired) electrons. The first kappa shape index (κ1) is 35.3. The predicted molar refractivity (Wildman–Crippen MR) is 260 cm³/mol. The van der Waals surface area contributed by atoms with E-state index in [-0.39, 0.29) is 0 Å². The van der Waals surface area contributed by atoms with Crippen LogP contribution >= 0.6 is 0 Å². The lowest BCUT2D eigenvalue weighted by atomic mass is 9.95. The lowest BCUT2D eigenvalue weighted by molar-refractivity contribution is 0.666. The number of hydrogen-bond donors (Lipinski definition) is 0. The van der Waals surface area contributed by atoms with Crippen LogP contribution in [0.15, 0.2) is 227 Å². The van der Waals surface area contributed by atoms with Gasteiger partial charge in [0.25, 0.3) is 0 Å². The van der Waals surface area contributed by atoms with Crippen LogP contribution in [0.4, 0.5) is 0 Å². The predicted octanol–water partition coefficient (Wildman–Crippen LogP) is 16.3. The van der Waals surface area contributed by atoms with Gasteiger partial charge in [-0.15, -0.1) is 0 Å². The van der Waals surface area contributed by atoms with Crippen molar-refractivity contribution in [2.24, 2.45) is 0 Å². The number of para-hydroxylation sites is 3. The third kappa shape index (κ3) is 5.73. The van der Waals surface area contributed by atoms with Crippen LogP contribution < -0.4 is 0 Å². The molecule has 0 aliphatic carbocycles. The molecule has 0 aliphatic rings. The molecular weight excluding hydrogens is 769 g/mol. The fourth-order valence-electron chi connectivity index (χ4n) is 9.62. The summed E-state index contributed by atoms with van der Waals surface area (Å²) in [5.74, 6) is 0. The first-order valence-electron chi connectivity index (χ1n) is 21.4. The summed E-state index contributed by atoms with van der Waals surface area (Å²) in [5.41, 5.74) is 17.7. The van der Waals surface area contributed by atoms with E-state index in [2.05, 4.69) is 199 Å². The molecule has 0 saturated carbocycles. The Bertz CT molecular complexity index is 3840. The third-order valence-electron chi connectivity index (χ3n) is 12.6. The zero-order chi connectivity index (χ0) is 41.4. The molecule has 0 N–H and O–H groups in total. The van der Waals surface area contributed by atoms with Crippen molar-refractivity contribution < 1.29 is 8.83 Å². The number of aromatic nitrogens is 2. The Labute approximate surface area is 362 Å². The summed E-state index contributed by atoms with van der Waals surface area (Å²) in [5, 5.41) is 6.83. The van der Waals surface area contributed by atoms with E-state index in [1.165, 1.54) is 10.8 Å². The Balaban J connectivity index is 0.907. The molecule has 4 heteroatoms. The van der Waals surface area contributed by atoms with E-state index < -0.39 is 0 Å². The Morgan fingerprint density at radius 2 is 0.889 bits per heavy atom. The Hall–Kier alpha value is -8.47. The molecule has 0 fully saturated rings. The van der Waals surface area contributed by atoms with Crippen molar-refractivity contribution in [2.45, 2.75) is 0 Å². The van der Waals surface area contributed by atoms with Crippen molar-refractivity contribution in [3.8, 4) is 61.6 Å². The summed E-state index contributed by atoms with van der Waals surface area (Å²) < 4.78 is 15.4. The van der Waals surface area contributed by atoms with E-state index >= 15 is 0 Å². The number of nitrogens with zero attached hydrogens (tertiary/aromatic N) is 2. The number of hydrogen-bond acceptors (Lipinski definition) is 3. The highest BCUT2D eigenvalue weighted by molar-refractivity contribution is 6.15. The molecule has 4 nitrogen and oxygen atoms in total. The zero-order valence-corrected chi connectivity index (χ0v) is 34.0. The molecule has 294 valence electrons. The molecule has 0 atom stereocenters. The smallest absolute Gasteiger partial charge is 0.159 e. The van der Waals surface area contributed by atoms with Crippen molar-refractivity contribution >= 4 is 65.7 Å². The molecule has 0 bridgehead atoms. The standard InChI is InChI=1S/C59H36N2O2/c1-3-13-39(14-4-1)50-35-43(36-51(60-50)40-15-5-2-6-16-40)37-25-27-38(28-26-37)44-19-12-24-57-58(44)49-34-42(30-32-56(49)62-57)41-29-31-53-48(33-41)45-17-7-9-21-52(45)61(53)54-22-11-20-47-46-18-8-10-23-55(46)63-59(47)54/h1-36H. The fraction of sp³-hybridized carbons (Fsp3) is 0. The van der Waals surface area contributed by atoms with Crippen molar-refractivity contribution in [3.05, 3.63) is 218 Å². The van der Waals surface area contributed by atoms with Crippen molar-refractivity contribution in [1.82, 2.24) is 9.55 Å². The maximum absolute atomic E-state index is 6.54. The van der Waals surface area contributed by atoms with Crippen LogP contribution in [0.2, 0.25) is 0 Å². The minimum absolute atomic E-state index is 0.869. The van der Waals surface area contributed by atoms with Gasteiger partial charge < -0.3 is 13.4 Å². The first-order chi connectivity index (χ1) is 31.2. The van der Waals surface area contributed by atoms with Gasteiger partial charge >= 0.3 is 0 Å². The van der Waals surface area contributed by atoms with Crippen LogP contribution in [0.25, 0.3) is 127 Å². The lowest BCUT2D eigenvalue weighted by Gasteiger charge is -2.11. The summed E-state index contributed by atoms with van der Waals surface area (Å²) >= 11 is 0. The van der Waals surface area contributed by atoms with Gasteiger partial charge in [0.2, 0.25) is 0 Å². The van der Waals surface area contributed by atoms with Crippen LogP contribution in [-0.4, -0.2) is 9.55 Å². The van der Waals surface area contributed by atoms with Gasteiger partial charge in [-0.25, -0.2) is 4.98 Å². The van der Waals surface area contributed by atoms with Crippen molar-refractivity contribution in [3.63, 3.8) is 0 Å². The summed E-state index contributed by atoms with van der Waals surface area (Å²) in [4.78, 5) is 5.09. The fourth-order valence-corrected chi connectivity index (χ4v) is 9.62. The quantitative estimate of drug-likeness (QED) is 0.168. The molecule has 0 spiro atoms. The van der Waals surface area contributed by atoms with Gasteiger partial charge in [0.1, 0.15) is 16.7 Å². The minimum Gasteiger partial charge on any atom is -0.456 e. The van der Waals surface area contributed by atoms with E-state index in [1.54, 1.807) is 0 Å². The van der Waals surface area contributed by atoms with Crippen LogP contribution in [0.3, 0.4) is 0 Å². The van der Waals surface area contributed by atoms with Gasteiger partial charge in [-0.05, 0) is 94.0 Å². The van der Waals surface area contributed by atoms with E-state index in [1.807, 2.05) is 24.3 Å². The normalized spacial score (nSPS) is 11.8. The number of rotatable bonds is 6. The van der Waals surface area contributed by atoms with E-state index in [4.69, 9.17) is 13.8 Å². The molecule has 9 aromatic carbocycles. The van der Waals surface area contributed by atoms with E-state index in [9.17, 15) is 0 Å². The van der Waals surface area contributed by atoms with Crippen molar-refractivity contribution in [1.29, 1.82) is 0 Å². The number of pyridine rings is 1. The molecule has 0 amide bonds. The topological polar surface area (TPSA) is 44.1 Å². The Morgan fingerprint density at radius 3 is 1.67 bits per heavy atom.